The summed E-state index contributed by atoms with van der Waals surface area (Å²) >= 11 is 0. The molecule has 10 heteroatoms. The lowest BCUT2D eigenvalue weighted by atomic mass is 9.81. The van der Waals surface area contributed by atoms with Crippen molar-refractivity contribution in [3.05, 3.63) is 18.1 Å². The second-order valence-corrected chi connectivity index (χ2v) is 6.00. The van der Waals surface area contributed by atoms with E-state index in [1.807, 2.05) is 0 Å². The molecule has 0 saturated heterocycles. The van der Waals surface area contributed by atoms with Gasteiger partial charge in [0, 0.05) is 12.3 Å². The van der Waals surface area contributed by atoms with Crippen molar-refractivity contribution in [2.45, 2.75) is 18.8 Å². The fourth-order valence-electron chi connectivity index (χ4n) is 1.96. The number of aliphatic imine (C=N–C) groups is 2. The van der Waals surface area contributed by atoms with E-state index in [-0.39, 0.29) is 17.3 Å². The van der Waals surface area contributed by atoms with Gasteiger partial charge in [0.2, 0.25) is 0 Å². The Kier molecular flexibility index (Phi) is 3.99. The van der Waals surface area contributed by atoms with Crippen LogP contribution in [0.15, 0.2) is 26.7 Å². The average molecular weight is 315 g/mol. The maximum Gasteiger partial charge on any atom is 0.368 e. The van der Waals surface area contributed by atoms with Crippen molar-refractivity contribution in [1.82, 2.24) is 0 Å². The number of nitrogens with zero attached hydrogens (tertiary/aromatic N) is 2. The summed E-state index contributed by atoms with van der Waals surface area (Å²) in [4.78, 5) is 36.1. The molecule has 0 spiro atoms. The number of rotatable bonds is 5. The van der Waals surface area contributed by atoms with Gasteiger partial charge in [-0.05, 0) is 6.42 Å². The van der Waals surface area contributed by atoms with Gasteiger partial charge in [0.25, 0.3) is 0 Å². The Hall–Kier alpha value is -1.96. The molecule has 0 aliphatic carbocycles. The molecule has 1 aliphatic rings. The van der Waals surface area contributed by atoms with Crippen LogP contribution in [0.2, 0.25) is 0 Å². The minimum atomic E-state index is -4.34. The van der Waals surface area contributed by atoms with E-state index >= 15 is 0 Å². The van der Waals surface area contributed by atoms with Gasteiger partial charge in [-0.1, -0.05) is 6.92 Å². The van der Waals surface area contributed by atoms with Gasteiger partial charge in [-0.15, -0.1) is 0 Å². The summed E-state index contributed by atoms with van der Waals surface area (Å²) in [5, 5.41) is 0. The molecule has 1 aliphatic heterocycles. The van der Waals surface area contributed by atoms with E-state index in [1.54, 1.807) is 6.92 Å². The predicted molar refractivity (Wildman–Crippen MR) is 73.7 cm³/mol. The van der Waals surface area contributed by atoms with E-state index in [2.05, 4.69) is 9.98 Å². The Labute approximate surface area is 119 Å². The third kappa shape index (κ3) is 3.05. The molecule has 2 heterocycles. The molecule has 114 valence electrons. The first kappa shape index (κ1) is 15.4. The molecule has 21 heavy (non-hydrogen) atoms. The molecule has 1 atom stereocenters. The highest BCUT2D eigenvalue weighted by molar-refractivity contribution is 7.51. The van der Waals surface area contributed by atoms with Crippen LogP contribution in [0.4, 0.5) is 4.79 Å². The van der Waals surface area contributed by atoms with E-state index in [1.165, 1.54) is 18.5 Å². The lowest BCUT2D eigenvalue weighted by molar-refractivity contribution is 0.256. The Morgan fingerprint density at radius 2 is 2.24 bits per heavy atom. The zero-order valence-corrected chi connectivity index (χ0v) is 12.0. The maximum absolute atomic E-state index is 11.2. The first-order valence-corrected chi connectivity index (χ1v) is 7.77. The second-order valence-electron chi connectivity index (χ2n) is 4.41. The Morgan fingerprint density at radius 3 is 2.81 bits per heavy atom. The van der Waals surface area contributed by atoms with Gasteiger partial charge in [0.15, 0.2) is 17.9 Å². The van der Waals surface area contributed by atoms with E-state index in [0.717, 1.165) is 0 Å². The Morgan fingerprint density at radius 1 is 1.52 bits per heavy atom. The van der Waals surface area contributed by atoms with Gasteiger partial charge in [-0.25, -0.2) is 9.79 Å². The van der Waals surface area contributed by atoms with Crippen molar-refractivity contribution < 1.29 is 28.3 Å². The maximum atomic E-state index is 11.2. The first-order valence-electron chi connectivity index (χ1n) is 5.97. The Balaban J connectivity index is 2.39. The van der Waals surface area contributed by atoms with Crippen molar-refractivity contribution in [2.75, 3.05) is 6.35 Å². The second kappa shape index (κ2) is 5.44. The minimum absolute atomic E-state index is 0.0130. The zero-order chi connectivity index (χ0) is 15.7. The van der Waals surface area contributed by atoms with Crippen LogP contribution >= 0.6 is 7.60 Å². The van der Waals surface area contributed by atoms with E-state index in [0.29, 0.717) is 6.42 Å². The van der Waals surface area contributed by atoms with Gasteiger partial charge in [0.05, 0.1) is 6.26 Å². The summed E-state index contributed by atoms with van der Waals surface area (Å²) in [6.07, 6.45) is 2.17. The minimum Gasteiger partial charge on any atom is -0.477 e. The molecule has 9 nitrogen and oxygen atoms in total. The van der Waals surface area contributed by atoms with Gasteiger partial charge >= 0.3 is 13.6 Å². The van der Waals surface area contributed by atoms with Crippen molar-refractivity contribution in [1.29, 1.82) is 0 Å². The normalized spacial score (nSPS) is 22.2. The highest BCUT2D eigenvalue weighted by atomic mass is 31.2. The average Bonchev–Trinajstić information content (AvgIpc) is 2.85. The van der Waals surface area contributed by atoms with Crippen LogP contribution < -0.4 is 10.5 Å². The van der Waals surface area contributed by atoms with Crippen molar-refractivity contribution in [3.8, 4) is 5.75 Å². The molecule has 1 aromatic rings. The SMILES string of the molecule is CCC1(c2occc2OCP(=O)(O)O)C=NC(=O)N=C1N. The van der Waals surface area contributed by atoms with E-state index < -0.39 is 25.4 Å². The van der Waals surface area contributed by atoms with Crippen LogP contribution in [0.25, 0.3) is 0 Å². The summed E-state index contributed by atoms with van der Waals surface area (Å²) in [6.45, 7) is 1.78. The van der Waals surface area contributed by atoms with E-state index in [4.69, 9.17) is 24.7 Å². The molecule has 0 bridgehead atoms. The van der Waals surface area contributed by atoms with Gasteiger partial charge in [0.1, 0.15) is 11.3 Å². The van der Waals surface area contributed by atoms with Crippen molar-refractivity contribution in [3.63, 3.8) is 0 Å². The van der Waals surface area contributed by atoms with Gasteiger partial charge < -0.3 is 24.7 Å². The summed E-state index contributed by atoms with van der Waals surface area (Å²) in [5.41, 5.74) is 4.74. The molecular weight excluding hydrogens is 301 g/mol. The van der Waals surface area contributed by atoms with E-state index in [9.17, 15) is 9.36 Å². The third-order valence-electron chi connectivity index (χ3n) is 3.05. The lowest BCUT2D eigenvalue weighted by Crippen LogP contribution is -2.44. The van der Waals surface area contributed by atoms with Crippen LogP contribution in [0.5, 0.6) is 5.75 Å². The standard InChI is InChI=1S/C11H14N3O6P/c1-2-11(5-13-10(15)14-9(11)12)8-7(3-4-19-8)20-6-21(16,17)18/h3-5H,2,6H2,1H3,(H2,12,14,15)(H2,16,17,18). The van der Waals surface area contributed by atoms with Crippen LogP contribution in [0.3, 0.4) is 0 Å². The molecule has 0 aromatic carbocycles. The largest absolute Gasteiger partial charge is 0.477 e. The Bertz CT molecular complexity index is 661. The quantitative estimate of drug-likeness (QED) is 0.686. The number of urea groups is 1. The van der Waals surface area contributed by atoms with Crippen molar-refractivity contribution in [2.24, 2.45) is 15.7 Å². The van der Waals surface area contributed by atoms with Gasteiger partial charge in [-0.2, -0.15) is 4.99 Å². The number of amidine groups is 1. The third-order valence-corrected chi connectivity index (χ3v) is 3.51. The molecule has 1 unspecified atom stereocenters. The number of hydrogen-bond acceptors (Lipinski definition) is 5. The molecular formula is C11H14N3O6P. The smallest absolute Gasteiger partial charge is 0.368 e. The molecule has 0 fully saturated rings. The van der Waals surface area contributed by atoms with Crippen LogP contribution in [0.1, 0.15) is 19.1 Å². The number of carbonyl (C=O) groups excluding carboxylic acids is 1. The highest BCUT2D eigenvalue weighted by Gasteiger charge is 2.42. The van der Waals surface area contributed by atoms with Crippen LogP contribution in [-0.4, -0.2) is 34.2 Å². The highest BCUT2D eigenvalue weighted by Crippen LogP contribution is 2.40. The molecule has 4 N–H and O–H groups in total. The molecule has 1 aromatic heterocycles. The summed E-state index contributed by atoms with van der Waals surface area (Å²) in [5.74, 6) is 0.288. The van der Waals surface area contributed by atoms with Gasteiger partial charge in [-0.3, -0.25) is 4.57 Å². The fourth-order valence-corrected chi connectivity index (χ4v) is 2.27. The van der Waals surface area contributed by atoms with Crippen LogP contribution in [-0.2, 0) is 9.98 Å². The monoisotopic (exact) mass is 315 g/mol. The number of carbonyl (C=O) groups is 1. The molecule has 0 radical (unpaired) electrons. The fraction of sp³-hybridized carbons (Fsp3) is 0.364. The molecule has 2 amide bonds. The number of ether oxygens (including phenoxy) is 1. The molecule has 0 saturated carbocycles. The summed E-state index contributed by atoms with van der Waals surface area (Å²) < 4.78 is 21.3. The molecule has 2 rings (SSSR count). The first-order chi connectivity index (χ1) is 9.78. The summed E-state index contributed by atoms with van der Waals surface area (Å²) in [7, 11) is -4.34. The van der Waals surface area contributed by atoms with Crippen molar-refractivity contribution >= 4 is 25.7 Å². The number of furan rings is 1. The number of amides is 2. The van der Waals surface area contributed by atoms with Crippen LogP contribution in [0, 0.1) is 0 Å². The summed E-state index contributed by atoms with van der Waals surface area (Å²) in [6, 6.07) is 0.681. The topological polar surface area (TPSA) is 148 Å². The lowest BCUT2D eigenvalue weighted by Gasteiger charge is -2.28. The zero-order valence-electron chi connectivity index (χ0n) is 11.1. The number of hydrogen-bond donors (Lipinski definition) is 3. The predicted octanol–water partition coefficient (Wildman–Crippen LogP) is 1.00. The number of nitrogens with two attached hydrogens (primary N) is 1.